The summed E-state index contributed by atoms with van der Waals surface area (Å²) in [5, 5.41) is 16.2. The maximum atomic E-state index is 5.39. The Morgan fingerprint density at radius 1 is 1.21 bits per heavy atom. The molecule has 1 aliphatic carbocycles. The van der Waals surface area contributed by atoms with Crippen LogP contribution in [0.4, 0.5) is 0 Å². The molecule has 2 fully saturated rings. The number of nitrogens with zero attached hydrogens (tertiary/aromatic N) is 8. The van der Waals surface area contributed by atoms with Gasteiger partial charge < -0.3 is 4.52 Å². The Hall–Kier alpha value is -1.87. The van der Waals surface area contributed by atoms with Crippen molar-refractivity contribution >= 4 is 0 Å². The van der Waals surface area contributed by atoms with Crippen molar-refractivity contribution in [3.05, 3.63) is 17.5 Å². The van der Waals surface area contributed by atoms with Crippen molar-refractivity contribution < 1.29 is 4.52 Å². The maximum Gasteiger partial charge on any atom is 0.243 e. The van der Waals surface area contributed by atoms with Gasteiger partial charge in [-0.05, 0) is 30.2 Å². The van der Waals surface area contributed by atoms with Gasteiger partial charge in [0, 0.05) is 32.6 Å². The molecular formula is C15H24N8O. The van der Waals surface area contributed by atoms with Crippen LogP contribution in [0.1, 0.15) is 56.3 Å². The second-order valence-corrected chi connectivity index (χ2v) is 6.66. The van der Waals surface area contributed by atoms with E-state index in [0.717, 1.165) is 56.7 Å². The number of tetrazole rings is 1. The average molecular weight is 332 g/mol. The third-order valence-corrected chi connectivity index (χ3v) is 4.93. The molecule has 24 heavy (non-hydrogen) atoms. The lowest BCUT2D eigenvalue weighted by atomic mass is 10.2. The molecule has 1 unspecified atom stereocenters. The molecule has 1 aliphatic heterocycles. The Balaban J connectivity index is 1.32. The highest BCUT2D eigenvalue weighted by atomic mass is 16.5. The Kier molecular flexibility index (Phi) is 4.28. The molecule has 0 bridgehead atoms. The topological polar surface area (TPSA) is 89.0 Å². The summed E-state index contributed by atoms with van der Waals surface area (Å²) in [5.41, 5.74) is 0. The predicted octanol–water partition coefficient (Wildman–Crippen LogP) is 0.832. The van der Waals surface area contributed by atoms with Gasteiger partial charge in [0.15, 0.2) is 11.6 Å². The summed E-state index contributed by atoms with van der Waals surface area (Å²) in [6, 6.07) is 0.693. The molecule has 0 aromatic carbocycles. The summed E-state index contributed by atoms with van der Waals surface area (Å²) in [5.74, 6) is 2.49. The molecule has 0 N–H and O–H groups in total. The van der Waals surface area contributed by atoms with Gasteiger partial charge in [-0.1, -0.05) is 12.1 Å². The van der Waals surface area contributed by atoms with E-state index in [4.69, 9.17) is 4.52 Å². The van der Waals surface area contributed by atoms with Gasteiger partial charge in [0.1, 0.15) is 0 Å². The first-order valence-corrected chi connectivity index (χ1v) is 8.80. The largest absolute Gasteiger partial charge is 0.338 e. The van der Waals surface area contributed by atoms with E-state index in [0.29, 0.717) is 6.04 Å². The molecular weight excluding hydrogens is 308 g/mol. The molecule has 2 aromatic heterocycles. The van der Waals surface area contributed by atoms with Crippen LogP contribution >= 0.6 is 0 Å². The van der Waals surface area contributed by atoms with Gasteiger partial charge in [0.2, 0.25) is 5.89 Å². The molecule has 0 amide bonds. The van der Waals surface area contributed by atoms with E-state index in [1.165, 1.54) is 12.8 Å². The predicted molar refractivity (Wildman–Crippen MR) is 85.0 cm³/mol. The number of hydrogen-bond acceptors (Lipinski definition) is 8. The molecule has 3 heterocycles. The standard InChI is InChI=1S/C15H24N8O/c1-3-13-16-15(24-18-13)11(2)22-8-6-21(7-9-22)10-14-17-19-20-23(14)12-4-5-12/h11-12H,3-10H2,1-2H3. The summed E-state index contributed by atoms with van der Waals surface area (Å²) >= 11 is 0. The van der Waals surface area contributed by atoms with Crippen LogP contribution in [0.25, 0.3) is 0 Å². The lowest BCUT2D eigenvalue weighted by molar-refractivity contribution is 0.0823. The highest BCUT2D eigenvalue weighted by Gasteiger charge is 2.30. The van der Waals surface area contributed by atoms with Crippen LogP contribution in [0.2, 0.25) is 0 Å². The van der Waals surface area contributed by atoms with Gasteiger partial charge in [-0.2, -0.15) is 4.98 Å². The second-order valence-electron chi connectivity index (χ2n) is 6.66. The number of rotatable bonds is 6. The number of aromatic nitrogens is 6. The molecule has 2 aliphatic rings. The van der Waals surface area contributed by atoms with Crippen LogP contribution in [0.5, 0.6) is 0 Å². The van der Waals surface area contributed by atoms with E-state index < -0.39 is 0 Å². The van der Waals surface area contributed by atoms with E-state index in [2.05, 4.69) is 42.4 Å². The number of aryl methyl sites for hydroxylation is 1. The van der Waals surface area contributed by atoms with Crippen molar-refractivity contribution in [1.82, 2.24) is 40.1 Å². The lowest BCUT2D eigenvalue weighted by Crippen LogP contribution is -2.47. The van der Waals surface area contributed by atoms with Crippen molar-refractivity contribution in [3.8, 4) is 0 Å². The molecule has 2 aromatic rings. The van der Waals surface area contributed by atoms with Gasteiger partial charge in [-0.3, -0.25) is 9.80 Å². The van der Waals surface area contributed by atoms with Crippen molar-refractivity contribution in [2.75, 3.05) is 26.2 Å². The highest BCUT2D eigenvalue weighted by molar-refractivity contribution is 4.94. The fraction of sp³-hybridized carbons (Fsp3) is 0.800. The van der Waals surface area contributed by atoms with Gasteiger partial charge in [-0.15, -0.1) is 5.10 Å². The molecule has 4 rings (SSSR count). The number of hydrogen-bond donors (Lipinski definition) is 0. The quantitative estimate of drug-likeness (QED) is 0.768. The van der Waals surface area contributed by atoms with Crippen LogP contribution in [-0.4, -0.2) is 66.3 Å². The van der Waals surface area contributed by atoms with E-state index in [1.54, 1.807) is 0 Å². The van der Waals surface area contributed by atoms with Gasteiger partial charge in [0.05, 0.1) is 18.6 Å². The van der Waals surface area contributed by atoms with Crippen LogP contribution in [0, 0.1) is 0 Å². The normalized spacial score (nSPS) is 21.2. The van der Waals surface area contributed by atoms with Crippen LogP contribution in [0.15, 0.2) is 4.52 Å². The molecule has 9 heteroatoms. The first kappa shape index (κ1) is 15.6. The third kappa shape index (κ3) is 3.18. The Bertz CT molecular complexity index is 671. The average Bonchev–Trinajstić information content (AvgIpc) is 3.16. The van der Waals surface area contributed by atoms with Crippen molar-refractivity contribution in [1.29, 1.82) is 0 Å². The Morgan fingerprint density at radius 3 is 2.67 bits per heavy atom. The van der Waals surface area contributed by atoms with Crippen LogP contribution in [0.3, 0.4) is 0 Å². The van der Waals surface area contributed by atoms with Gasteiger partial charge >= 0.3 is 0 Å². The Labute approximate surface area is 141 Å². The fourth-order valence-corrected chi connectivity index (χ4v) is 3.16. The molecule has 1 saturated carbocycles. The van der Waals surface area contributed by atoms with Crippen LogP contribution < -0.4 is 0 Å². The molecule has 9 nitrogen and oxygen atoms in total. The summed E-state index contributed by atoms with van der Waals surface area (Å²) in [6.07, 6.45) is 3.21. The van der Waals surface area contributed by atoms with E-state index in [9.17, 15) is 0 Å². The summed E-state index contributed by atoms with van der Waals surface area (Å²) < 4.78 is 7.39. The number of piperazine rings is 1. The first-order valence-electron chi connectivity index (χ1n) is 8.80. The minimum atomic E-state index is 0.164. The minimum absolute atomic E-state index is 0.164. The smallest absolute Gasteiger partial charge is 0.243 e. The lowest BCUT2D eigenvalue weighted by Gasteiger charge is -2.36. The van der Waals surface area contributed by atoms with Crippen molar-refractivity contribution in [2.45, 2.75) is 51.7 Å². The molecule has 130 valence electrons. The van der Waals surface area contributed by atoms with Crippen LogP contribution in [-0.2, 0) is 13.0 Å². The third-order valence-electron chi connectivity index (χ3n) is 4.93. The summed E-state index contributed by atoms with van der Waals surface area (Å²) in [7, 11) is 0. The summed E-state index contributed by atoms with van der Waals surface area (Å²) in [6.45, 7) is 8.95. The van der Waals surface area contributed by atoms with Crippen molar-refractivity contribution in [2.24, 2.45) is 0 Å². The molecule has 0 spiro atoms. The molecule has 1 saturated heterocycles. The zero-order chi connectivity index (χ0) is 16.5. The SMILES string of the molecule is CCc1noc(C(C)N2CCN(Cc3nnnn3C3CC3)CC2)n1. The van der Waals surface area contributed by atoms with E-state index >= 15 is 0 Å². The summed E-state index contributed by atoms with van der Waals surface area (Å²) in [4.78, 5) is 9.27. The molecule has 0 radical (unpaired) electrons. The van der Waals surface area contributed by atoms with Gasteiger partial charge in [0.25, 0.3) is 0 Å². The zero-order valence-electron chi connectivity index (χ0n) is 14.3. The fourth-order valence-electron chi connectivity index (χ4n) is 3.16. The second kappa shape index (κ2) is 6.56. The van der Waals surface area contributed by atoms with Crippen molar-refractivity contribution in [3.63, 3.8) is 0 Å². The van der Waals surface area contributed by atoms with E-state index in [-0.39, 0.29) is 6.04 Å². The monoisotopic (exact) mass is 332 g/mol. The maximum absolute atomic E-state index is 5.39. The highest BCUT2D eigenvalue weighted by Crippen LogP contribution is 2.34. The minimum Gasteiger partial charge on any atom is -0.338 e. The first-order chi connectivity index (χ1) is 11.7. The zero-order valence-corrected chi connectivity index (χ0v) is 14.3. The Morgan fingerprint density at radius 2 is 2.00 bits per heavy atom. The van der Waals surface area contributed by atoms with E-state index in [1.807, 2.05) is 11.6 Å². The van der Waals surface area contributed by atoms with Gasteiger partial charge in [-0.25, -0.2) is 4.68 Å². The molecule has 1 atom stereocenters.